The molecule has 1 unspecified atom stereocenters. The van der Waals surface area contributed by atoms with Crippen LogP contribution in [-0.2, 0) is 19.6 Å². The van der Waals surface area contributed by atoms with Crippen LogP contribution < -0.4 is 4.31 Å². The Morgan fingerprint density at radius 2 is 1.48 bits per heavy atom. The molecule has 8 nitrogen and oxygen atoms in total. The lowest BCUT2D eigenvalue weighted by Crippen LogP contribution is -2.46. The highest BCUT2D eigenvalue weighted by molar-refractivity contribution is 7.92. The van der Waals surface area contributed by atoms with E-state index in [2.05, 4.69) is 11.9 Å². The van der Waals surface area contributed by atoms with Crippen molar-refractivity contribution in [3.63, 3.8) is 0 Å². The summed E-state index contributed by atoms with van der Waals surface area (Å²) in [5, 5.41) is 7.12. The number of likely N-dealkylation sites (N-methyl/N-ethyl adjacent to an activating group) is 1. The standard InChI is InChI=1S/C28H31N3O3S.C2HF3O2/c1-29-17-15-23(16-18-29)30(2)28(32)26-20-31(27-14-7-6-13-25(26)27)35(33,34)24-12-8-11-22(19-24)21-9-4-3-5-10-21;3-2(4,5)1(6)7/h3-14,19,23,26H,15-18,20H2,1-2H3;(H,6,7). The molecule has 42 heavy (non-hydrogen) atoms. The number of nitrogens with zero attached hydrogens (tertiary/aromatic N) is 3. The third-order valence-corrected chi connectivity index (χ3v) is 9.36. The summed E-state index contributed by atoms with van der Waals surface area (Å²) in [5.74, 6) is -3.28. The molecule has 0 aliphatic carbocycles. The van der Waals surface area contributed by atoms with E-state index in [4.69, 9.17) is 9.90 Å². The summed E-state index contributed by atoms with van der Waals surface area (Å²) >= 11 is 0. The van der Waals surface area contributed by atoms with Crippen molar-refractivity contribution >= 4 is 27.6 Å². The van der Waals surface area contributed by atoms with Crippen molar-refractivity contribution in [1.29, 1.82) is 0 Å². The van der Waals surface area contributed by atoms with E-state index in [1.807, 2.05) is 66.5 Å². The van der Waals surface area contributed by atoms with Crippen molar-refractivity contribution in [1.82, 2.24) is 9.80 Å². The molecule has 1 N–H and O–H groups in total. The summed E-state index contributed by atoms with van der Waals surface area (Å²) in [5.41, 5.74) is 3.17. The number of sulfonamides is 1. The van der Waals surface area contributed by atoms with Gasteiger partial charge in [-0.15, -0.1) is 0 Å². The van der Waals surface area contributed by atoms with Crippen molar-refractivity contribution in [3.05, 3.63) is 84.4 Å². The summed E-state index contributed by atoms with van der Waals surface area (Å²) < 4.78 is 60.9. The predicted octanol–water partition coefficient (Wildman–Crippen LogP) is 4.83. The normalized spacial score (nSPS) is 17.6. The van der Waals surface area contributed by atoms with Crippen LogP contribution in [0.4, 0.5) is 18.9 Å². The summed E-state index contributed by atoms with van der Waals surface area (Å²) in [6.07, 6.45) is -3.22. The summed E-state index contributed by atoms with van der Waals surface area (Å²) in [7, 11) is 0.110. The lowest BCUT2D eigenvalue weighted by Gasteiger charge is -2.36. The molecule has 1 amide bonds. The first-order chi connectivity index (χ1) is 19.8. The van der Waals surface area contributed by atoms with Crippen LogP contribution in [0.15, 0.2) is 83.8 Å². The van der Waals surface area contributed by atoms with E-state index in [1.54, 1.807) is 24.3 Å². The maximum Gasteiger partial charge on any atom is 0.490 e. The van der Waals surface area contributed by atoms with Gasteiger partial charge in [0.2, 0.25) is 5.91 Å². The number of carboxylic acids is 1. The van der Waals surface area contributed by atoms with Gasteiger partial charge in [0.15, 0.2) is 0 Å². The lowest BCUT2D eigenvalue weighted by molar-refractivity contribution is -0.192. The van der Waals surface area contributed by atoms with Crippen molar-refractivity contribution in [2.45, 2.75) is 35.9 Å². The number of halogens is 3. The van der Waals surface area contributed by atoms with Gasteiger partial charge in [-0.05, 0) is 67.9 Å². The molecular formula is C30H32F3N3O5S. The molecule has 2 heterocycles. The second kappa shape index (κ2) is 12.5. The van der Waals surface area contributed by atoms with Gasteiger partial charge in [-0.2, -0.15) is 13.2 Å². The van der Waals surface area contributed by atoms with Crippen LogP contribution in [0.2, 0.25) is 0 Å². The maximum absolute atomic E-state index is 13.9. The van der Waals surface area contributed by atoms with Crippen LogP contribution in [0.3, 0.4) is 0 Å². The SMILES string of the molecule is CN1CCC(N(C)C(=O)C2CN(S(=O)(=O)c3cccc(-c4ccccc4)c3)c3ccccc32)CC1.O=C(O)C(F)(F)F. The molecule has 1 saturated heterocycles. The number of benzene rings is 3. The number of hydrogen-bond donors (Lipinski definition) is 1. The minimum Gasteiger partial charge on any atom is -0.475 e. The van der Waals surface area contributed by atoms with Gasteiger partial charge in [0, 0.05) is 13.1 Å². The number of para-hydroxylation sites is 1. The Hall–Kier alpha value is -3.90. The topological polar surface area (TPSA) is 98.2 Å². The molecule has 1 atom stereocenters. The van der Waals surface area contributed by atoms with Crippen LogP contribution in [-0.4, -0.2) is 81.1 Å². The number of carboxylic acid groups (broad SMARTS) is 1. The van der Waals surface area contributed by atoms with E-state index in [0.29, 0.717) is 5.69 Å². The fourth-order valence-corrected chi connectivity index (χ4v) is 6.76. The highest BCUT2D eigenvalue weighted by Crippen LogP contribution is 2.41. The number of amides is 1. The smallest absolute Gasteiger partial charge is 0.475 e. The Morgan fingerprint density at radius 1 is 0.905 bits per heavy atom. The first-order valence-corrected chi connectivity index (χ1v) is 14.8. The molecule has 12 heteroatoms. The maximum atomic E-state index is 13.9. The zero-order valence-electron chi connectivity index (χ0n) is 23.2. The van der Waals surface area contributed by atoms with Gasteiger partial charge in [-0.1, -0.05) is 60.7 Å². The first-order valence-electron chi connectivity index (χ1n) is 13.3. The molecule has 0 saturated carbocycles. The predicted molar refractivity (Wildman–Crippen MR) is 153 cm³/mol. The number of anilines is 1. The number of piperidine rings is 1. The zero-order valence-corrected chi connectivity index (χ0v) is 24.0. The fraction of sp³-hybridized carbons (Fsp3) is 0.333. The number of rotatable bonds is 5. The summed E-state index contributed by atoms with van der Waals surface area (Å²) in [4.78, 5) is 26.9. The Balaban J connectivity index is 0.000000517. The number of hydrogen-bond acceptors (Lipinski definition) is 5. The van der Waals surface area contributed by atoms with Gasteiger partial charge >= 0.3 is 12.1 Å². The zero-order chi connectivity index (χ0) is 30.7. The third kappa shape index (κ3) is 6.76. The quantitative estimate of drug-likeness (QED) is 0.449. The monoisotopic (exact) mass is 603 g/mol. The van der Waals surface area contributed by atoms with E-state index in [-0.39, 0.29) is 23.4 Å². The van der Waals surface area contributed by atoms with Crippen LogP contribution in [0.25, 0.3) is 11.1 Å². The molecule has 1 fully saturated rings. The molecule has 3 aromatic carbocycles. The molecule has 0 aromatic heterocycles. The van der Waals surface area contributed by atoms with Crippen molar-refractivity contribution in [2.75, 3.05) is 38.0 Å². The van der Waals surface area contributed by atoms with Crippen LogP contribution in [0.5, 0.6) is 0 Å². The van der Waals surface area contributed by atoms with E-state index in [1.165, 1.54) is 4.31 Å². The Morgan fingerprint density at radius 3 is 2.10 bits per heavy atom. The highest BCUT2D eigenvalue weighted by atomic mass is 32.2. The highest BCUT2D eigenvalue weighted by Gasteiger charge is 2.42. The van der Waals surface area contributed by atoms with Gasteiger partial charge < -0.3 is 14.9 Å². The number of carbonyl (C=O) groups is 2. The number of fused-ring (bicyclic) bond motifs is 1. The Kier molecular flexibility index (Phi) is 9.27. The number of aliphatic carboxylic acids is 1. The minimum atomic E-state index is -5.08. The lowest BCUT2D eigenvalue weighted by atomic mass is 9.97. The van der Waals surface area contributed by atoms with E-state index < -0.39 is 28.1 Å². The van der Waals surface area contributed by atoms with Gasteiger partial charge in [-0.3, -0.25) is 9.10 Å². The summed E-state index contributed by atoms with van der Waals surface area (Å²) in [6, 6.07) is 24.3. The van der Waals surface area contributed by atoms with E-state index >= 15 is 0 Å². The number of alkyl halides is 3. The van der Waals surface area contributed by atoms with Gasteiger partial charge in [0.05, 0.1) is 23.0 Å². The Labute approximate surface area is 243 Å². The molecule has 224 valence electrons. The molecule has 0 radical (unpaired) electrons. The molecule has 0 bridgehead atoms. The molecule has 5 rings (SSSR count). The summed E-state index contributed by atoms with van der Waals surface area (Å²) in [6.45, 7) is 2.04. The van der Waals surface area contributed by atoms with Crippen LogP contribution in [0.1, 0.15) is 24.3 Å². The van der Waals surface area contributed by atoms with E-state index in [9.17, 15) is 26.4 Å². The van der Waals surface area contributed by atoms with Crippen molar-refractivity contribution in [3.8, 4) is 11.1 Å². The van der Waals surface area contributed by atoms with Crippen molar-refractivity contribution < 1.29 is 36.3 Å². The second-order valence-corrected chi connectivity index (χ2v) is 12.2. The van der Waals surface area contributed by atoms with Crippen LogP contribution >= 0.6 is 0 Å². The molecule has 2 aliphatic heterocycles. The average molecular weight is 604 g/mol. The first kappa shape index (κ1) is 31.0. The molecule has 3 aromatic rings. The molecule has 2 aliphatic rings. The van der Waals surface area contributed by atoms with E-state index in [0.717, 1.165) is 42.6 Å². The van der Waals surface area contributed by atoms with Gasteiger partial charge in [-0.25, -0.2) is 13.2 Å². The minimum absolute atomic E-state index is 0.0114. The fourth-order valence-electron chi connectivity index (χ4n) is 5.21. The number of likely N-dealkylation sites (tertiary alicyclic amines) is 1. The van der Waals surface area contributed by atoms with Gasteiger partial charge in [0.1, 0.15) is 0 Å². The molecular weight excluding hydrogens is 571 g/mol. The largest absolute Gasteiger partial charge is 0.490 e. The second-order valence-electron chi connectivity index (χ2n) is 10.3. The Bertz CT molecular complexity index is 1520. The van der Waals surface area contributed by atoms with Gasteiger partial charge in [0.25, 0.3) is 10.0 Å². The average Bonchev–Trinajstić information content (AvgIpc) is 3.38. The number of carbonyl (C=O) groups excluding carboxylic acids is 1. The molecule has 0 spiro atoms. The van der Waals surface area contributed by atoms with Crippen molar-refractivity contribution in [2.24, 2.45) is 0 Å². The third-order valence-electron chi connectivity index (χ3n) is 7.58. The van der Waals surface area contributed by atoms with Crippen LogP contribution in [0, 0.1) is 0 Å².